The van der Waals surface area contributed by atoms with E-state index < -0.39 is 0 Å². The maximum Gasteiger partial charge on any atom is 0.337 e. The predicted molar refractivity (Wildman–Crippen MR) is 87.3 cm³/mol. The first-order valence-electron chi connectivity index (χ1n) is 7.68. The minimum Gasteiger partial charge on any atom is -0.465 e. The van der Waals surface area contributed by atoms with Crippen molar-refractivity contribution in [2.75, 3.05) is 13.4 Å². The van der Waals surface area contributed by atoms with Gasteiger partial charge in [0, 0.05) is 22.9 Å². The molecule has 22 heavy (non-hydrogen) atoms. The van der Waals surface area contributed by atoms with E-state index in [0.717, 1.165) is 25.7 Å². The van der Waals surface area contributed by atoms with Gasteiger partial charge in [-0.3, -0.25) is 4.79 Å². The highest BCUT2D eigenvalue weighted by Crippen LogP contribution is 2.40. The molecule has 5 heteroatoms. The van der Waals surface area contributed by atoms with Gasteiger partial charge in [0.15, 0.2) is 0 Å². The van der Waals surface area contributed by atoms with Crippen LogP contribution in [0, 0.1) is 0 Å². The van der Waals surface area contributed by atoms with Crippen LogP contribution in [-0.2, 0) is 4.74 Å². The van der Waals surface area contributed by atoms with Crippen LogP contribution in [0.25, 0.3) is 0 Å². The van der Waals surface area contributed by atoms with Crippen molar-refractivity contribution in [3.8, 4) is 0 Å². The van der Waals surface area contributed by atoms with E-state index in [0.29, 0.717) is 28.5 Å². The Morgan fingerprint density at radius 3 is 2.14 bits per heavy atom. The van der Waals surface area contributed by atoms with Crippen molar-refractivity contribution in [3.63, 3.8) is 0 Å². The van der Waals surface area contributed by atoms with Gasteiger partial charge in [-0.25, -0.2) is 4.79 Å². The Labute approximate surface area is 135 Å². The Kier molecular flexibility index (Phi) is 4.43. The summed E-state index contributed by atoms with van der Waals surface area (Å²) in [4.78, 5) is 26.4. The molecule has 0 N–H and O–H groups in total. The van der Waals surface area contributed by atoms with E-state index in [2.05, 4.69) is 15.9 Å². The van der Waals surface area contributed by atoms with Crippen LogP contribution in [0.15, 0.2) is 24.3 Å². The molecule has 118 valence electrons. The zero-order chi connectivity index (χ0) is 15.7. The van der Waals surface area contributed by atoms with Gasteiger partial charge in [0.25, 0.3) is 5.91 Å². The van der Waals surface area contributed by atoms with Gasteiger partial charge in [-0.05, 0) is 56.2 Å². The summed E-state index contributed by atoms with van der Waals surface area (Å²) in [5.41, 5.74) is 1.13. The third-order valence-electron chi connectivity index (χ3n) is 4.81. The van der Waals surface area contributed by atoms with Crippen molar-refractivity contribution in [2.24, 2.45) is 0 Å². The fraction of sp³-hybridized carbons (Fsp3) is 0.529. The van der Waals surface area contributed by atoms with E-state index in [4.69, 9.17) is 0 Å². The van der Waals surface area contributed by atoms with E-state index in [-0.39, 0.29) is 11.9 Å². The van der Waals surface area contributed by atoms with Gasteiger partial charge in [-0.2, -0.15) is 11.8 Å². The minimum absolute atomic E-state index is 0.100. The second-order valence-corrected chi connectivity index (χ2v) is 7.13. The Morgan fingerprint density at radius 1 is 1.09 bits per heavy atom. The van der Waals surface area contributed by atoms with Gasteiger partial charge >= 0.3 is 5.97 Å². The van der Waals surface area contributed by atoms with Gasteiger partial charge in [0.1, 0.15) is 0 Å². The molecule has 1 aromatic rings. The lowest BCUT2D eigenvalue weighted by molar-refractivity contribution is 0.0588. The molecular weight excluding hydrogens is 298 g/mol. The van der Waals surface area contributed by atoms with Gasteiger partial charge in [0.05, 0.1) is 12.7 Å². The number of hydrogen-bond acceptors (Lipinski definition) is 4. The molecule has 1 aromatic carbocycles. The normalized spacial score (nSPS) is 26.8. The molecule has 1 amide bonds. The lowest BCUT2D eigenvalue weighted by Crippen LogP contribution is -2.47. The highest BCUT2D eigenvalue weighted by Gasteiger charge is 2.43. The summed E-state index contributed by atoms with van der Waals surface area (Å²) in [6.45, 7) is 0. The number of methoxy groups -OCH3 is 1. The van der Waals surface area contributed by atoms with Crippen LogP contribution in [0.1, 0.15) is 46.4 Å². The van der Waals surface area contributed by atoms with E-state index in [1.165, 1.54) is 7.11 Å². The highest BCUT2D eigenvalue weighted by molar-refractivity contribution is 7.99. The van der Waals surface area contributed by atoms with Crippen molar-refractivity contribution in [3.05, 3.63) is 35.4 Å². The Balaban J connectivity index is 1.76. The number of carbonyl (C=O) groups is 2. The van der Waals surface area contributed by atoms with Crippen LogP contribution in [0.3, 0.4) is 0 Å². The molecule has 2 bridgehead atoms. The average Bonchev–Trinajstić information content (AvgIpc) is 2.83. The maximum absolute atomic E-state index is 12.8. The van der Waals surface area contributed by atoms with Crippen molar-refractivity contribution in [2.45, 2.75) is 43.0 Å². The van der Waals surface area contributed by atoms with Gasteiger partial charge in [0.2, 0.25) is 0 Å². The zero-order valence-electron chi connectivity index (χ0n) is 13.0. The molecule has 2 atom stereocenters. The number of nitrogens with zero attached hydrogens (tertiary/aromatic N) is 1. The molecule has 0 spiro atoms. The van der Waals surface area contributed by atoms with Crippen LogP contribution >= 0.6 is 11.8 Å². The second-order valence-electron chi connectivity index (χ2n) is 6.00. The molecule has 2 aliphatic heterocycles. The molecule has 0 aromatic heterocycles. The molecule has 2 saturated heterocycles. The fourth-order valence-corrected chi connectivity index (χ4v) is 4.50. The summed E-state index contributed by atoms with van der Waals surface area (Å²) in [7, 11) is 1.36. The monoisotopic (exact) mass is 319 g/mol. The quantitative estimate of drug-likeness (QED) is 0.804. The molecule has 2 aliphatic rings. The minimum atomic E-state index is -0.375. The molecule has 0 aliphatic carbocycles. The first-order chi connectivity index (χ1) is 10.6. The van der Waals surface area contributed by atoms with Crippen molar-refractivity contribution >= 4 is 23.6 Å². The third-order valence-corrected chi connectivity index (χ3v) is 5.86. The van der Waals surface area contributed by atoms with E-state index in [1.807, 2.05) is 11.8 Å². The standard InChI is InChI=1S/C17H21NO3S/c1-21-17(20)12-5-3-11(4-6-12)16(19)18-13-7-8-14(18)10-15(9-13)22-2/h3-6,13-15H,7-10H2,1-2H3/t13-,14-/m0/s1. The molecule has 0 radical (unpaired) electrons. The number of esters is 1. The van der Waals surface area contributed by atoms with Crippen molar-refractivity contribution < 1.29 is 14.3 Å². The Morgan fingerprint density at radius 2 is 1.64 bits per heavy atom. The lowest BCUT2D eigenvalue weighted by atomic mass is 10.0. The largest absolute Gasteiger partial charge is 0.465 e. The van der Waals surface area contributed by atoms with E-state index in [1.54, 1.807) is 24.3 Å². The van der Waals surface area contributed by atoms with Crippen LogP contribution in [0.2, 0.25) is 0 Å². The number of benzene rings is 1. The third kappa shape index (κ3) is 2.74. The van der Waals surface area contributed by atoms with Crippen LogP contribution in [0.4, 0.5) is 0 Å². The van der Waals surface area contributed by atoms with E-state index in [9.17, 15) is 9.59 Å². The SMILES string of the molecule is COC(=O)c1ccc(C(=O)N2[C@H]3CC[C@H]2CC(SC)C3)cc1. The number of rotatable bonds is 3. The molecule has 0 saturated carbocycles. The maximum atomic E-state index is 12.8. The number of piperidine rings is 1. The highest BCUT2D eigenvalue weighted by atomic mass is 32.2. The lowest BCUT2D eigenvalue weighted by Gasteiger charge is -2.38. The van der Waals surface area contributed by atoms with Crippen LogP contribution in [0.5, 0.6) is 0 Å². The molecule has 3 rings (SSSR count). The summed E-state index contributed by atoms with van der Waals surface area (Å²) >= 11 is 1.92. The zero-order valence-corrected chi connectivity index (χ0v) is 13.8. The van der Waals surface area contributed by atoms with Crippen LogP contribution < -0.4 is 0 Å². The fourth-order valence-electron chi connectivity index (χ4n) is 3.67. The summed E-state index contributed by atoms with van der Waals surface area (Å²) in [5, 5.41) is 0.684. The number of hydrogen-bond donors (Lipinski definition) is 0. The van der Waals surface area contributed by atoms with Crippen molar-refractivity contribution in [1.29, 1.82) is 0 Å². The number of ether oxygens (including phenoxy) is 1. The Hall–Kier alpha value is -1.49. The smallest absolute Gasteiger partial charge is 0.337 e. The first kappa shape index (κ1) is 15.4. The Bertz CT molecular complexity index is 558. The summed E-state index contributed by atoms with van der Waals surface area (Å²) in [6.07, 6.45) is 6.60. The molecule has 2 heterocycles. The molecule has 0 unspecified atom stereocenters. The van der Waals surface area contributed by atoms with E-state index >= 15 is 0 Å². The van der Waals surface area contributed by atoms with Gasteiger partial charge in [-0.1, -0.05) is 0 Å². The van der Waals surface area contributed by atoms with Gasteiger partial charge in [-0.15, -0.1) is 0 Å². The first-order valence-corrected chi connectivity index (χ1v) is 8.96. The number of amides is 1. The molecule has 4 nitrogen and oxygen atoms in total. The summed E-state index contributed by atoms with van der Waals surface area (Å²) < 4.78 is 4.68. The molecular formula is C17H21NO3S. The predicted octanol–water partition coefficient (Wildman–Crippen LogP) is 2.97. The number of thioether (sulfide) groups is 1. The van der Waals surface area contributed by atoms with Gasteiger partial charge < -0.3 is 9.64 Å². The number of carbonyl (C=O) groups excluding carboxylic acids is 2. The average molecular weight is 319 g/mol. The summed E-state index contributed by atoms with van der Waals surface area (Å²) in [5.74, 6) is -0.275. The van der Waals surface area contributed by atoms with Crippen LogP contribution in [-0.4, -0.2) is 47.5 Å². The topological polar surface area (TPSA) is 46.6 Å². The summed E-state index contributed by atoms with van der Waals surface area (Å²) in [6, 6.07) is 7.54. The second kappa shape index (κ2) is 6.32. The van der Waals surface area contributed by atoms with Crippen molar-refractivity contribution in [1.82, 2.24) is 4.90 Å². The number of fused-ring (bicyclic) bond motifs is 2. The molecule has 2 fully saturated rings.